The summed E-state index contributed by atoms with van der Waals surface area (Å²) in [4.78, 5) is 55.7. The Morgan fingerprint density at radius 2 is 1.89 bits per heavy atom. The summed E-state index contributed by atoms with van der Waals surface area (Å²) in [6, 6.07) is 14.3. The molecule has 2 aliphatic rings. The molecule has 0 spiro atoms. The lowest BCUT2D eigenvalue weighted by Crippen LogP contribution is -2.49. The van der Waals surface area contributed by atoms with Gasteiger partial charge in [0.2, 0.25) is 11.8 Å². The lowest BCUT2D eigenvalue weighted by atomic mass is 10.0. The van der Waals surface area contributed by atoms with E-state index in [1.165, 1.54) is 7.11 Å². The number of halogens is 1. The van der Waals surface area contributed by atoms with Gasteiger partial charge in [0.05, 0.1) is 36.2 Å². The number of carbonyl (C=O) groups excluding carboxylic acids is 3. The number of nitrogens with zero attached hydrogens (tertiary/aromatic N) is 5. The van der Waals surface area contributed by atoms with Crippen molar-refractivity contribution in [2.24, 2.45) is 0 Å². The molecular weight excluding hydrogens is 698 g/mol. The Labute approximate surface area is 313 Å². The van der Waals surface area contributed by atoms with Gasteiger partial charge in [-0.3, -0.25) is 24.5 Å². The number of benzene rings is 1. The number of β-amino-alcohol motifs (C(OH)–C–C–N with tert-alkyl or cyclic N) is 1. The molecule has 278 valence electrons. The predicted octanol–water partition coefficient (Wildman–Crippen LogP) is 5.62. The van der Waals surface area contributed by atoms with Crippen LogP contribution in [0.15, 0.2) is 60.9 Å². The second-order valence-electron chi connectivity index (χ2n) is 14.4. The number of carbonyl (C=O) groups is 3. The van der Waals surface area contributed by atoms with Crippen molar-refractivity contribution in [2.45, 2.75) is 71.4 Å². The molecule has 2 saturated heterocycles. The van der Waals surface area contributed by atoms with E-state index in [-0.39, 0.29) is 42.7 Å². The number of pyridine rings is 3. The van der Waals surface area contributed by atoms with Crippen molar-refractivity contribution in [1.29, 1.82) is 0 Å². The highest BCUT2D eigenvalue weighted by Crippen LogP contribution is 2.38. The largest absolute Gasteiger partial charge is 0.481 e. The van der Waals surface area contributed by atoms with Crippen molar-refractivity contribution in [3.05, 3.63) is 88.3 Å². The van der Waals surface area contributed by atoms with Crippen molar-refractivity contribution < 1.29 is 29.0 Å². The average Bonchev–Trinajstić information content (AvgIpc) is 3.52. The van der Waals surface area contributed by atoms with E-state index < -0.39 is 11.7 Å². The number of aromatic nitrogens is 3. The SMILES string of the molecule is COc1nc(-c2ccnc(-c3cccc(NC(=O)c4ccc(CN5CC(O)C5)cn4)c3C)c2Cl)ccc1CN(C[C@@H]1CCC(=O)N1)C(=O)OC(C)(C)C. The van der Waals surface area contributed by atoms with Gasteiger partial charge in [0.1, 0.15) is 11.3 Å². The fourth-order valence-electron chi connectivity index (χ4n) is 6.36. The zero-order chi connectivity index (χ0) is 37.9. The van der Waals surface area contributed by atoms with Crippen LogP contribution in [-0.2, 0) is 22.6 Å². The van der Waals surface area contributed by atoms with Gasteiger partial charge >= 0.3 is 6.09 Å². The fraction of sp³-hybridized carbons (Fsp3) is 0.385. The van der Waals surface area contributed by atoms with Gasteiger partial charge in [0, 0.05) is 73.4 Å². The number of aliphatic hydroxyl groups excluding tert-OH is 1. The van der Waals surface area contributed by atoms with Gasteiger partial charge in [0.25, 0.3) is 5.91 Å². The van der Waals surface area contributed by atoms with Gasteiger partial charge in [-0.1, -0.05) is 29.8 Å². The second-order valence-corrected chi connectivity index (χ2v) is 14.8. The lowest BCUT2D eigenvalue weighted by Gasteiger charge is -2.35. The number of rotatable bonds is 11. The van der Waals surface area contributed by atoms with E-state index in [1.807, 2.05) is 43.3 Å². The minimum Gasteiger partial charge on any atom is -0.481 e. The lowest BCUT2D eigenvalue weighted by molar-refractivity contribution is -0.119. The molecule has 1 atom stereocenters. The quantitative estimate of drug-likeness (QED) is 0.176. The molecule has 0 bridgehead atoms. The monoisotopic (exact) mass is 741 g/mol. The maximum atomic E-state index is 13.3. The molecular formula is C39H44ClN7O6. The Balaban J connectivity index is 1.21. The van der Waals surface area contributed by atoms with Crippen LogP contribution in [0.2, 0.25) is 5.02 Å². The van der Waals surface area contributed by atoms with Crippen LogP contribution < -0.4 is 15.4 Å². The first kappa shape index (κ1) is 37.6. The highest BCUT2D eigenvalue weighted by molar-refractivity contribution is 6.35. The van der Waals surface area contributed by atoms with E-state index in [2.05, 4.69) is 25.5 Å². The fourth-order valence-corrected chi connectivity index (χ4v) is 6.67. The van der Waals surface area contributed by atoms with Crippen molar-refractivity contribution in [1.82, 2.24) is 30.1 Å². The third-order valence-corrected chi connectivity index (χ3v) is 9.46. The molecule has 5 heterocycles. The molecule has 0 saturated carbocycles. The first-order valence-electron chi connectivity index (χ1n) is 17.5. The molecule has 2 aliphatic heterocycles. The summed E-state index contributed by atoms with van der Waals surface area (Å²) in [5.41, 5.74) is 4.93. The molecule has 0 aliphatic carbocycles. The van der Waals surface area contributed by atoms with Crippen LogP contribution in [0, 0.1) is 6.92 Å². The first-order chi connectivity index (χ1) is 25.3. The summed E-state index contributed by atoms with van der Waals surface area (Å²) in [5, 5.41) is 15.8. The summed E-state index contributed by atoms with van der Waals surface area (Å²) in [7, 11) is 1.51. The maximum absolute atomic E-state index is 13.3. The van der Waals surface area contributed by atoms with E-state index in [1.54, 1.807) is 50.2 Å². The number of amides is 3. The Hall–Kier alpha value is -5.11. The summed E-state index contributed by atoms with van der Waals surface area (Å²) in [6.07, 6.45) is 3.59. The van der Waals surface area contributed by atoms with Crippen molar-refractivity contribution in [2.75, 3.05) is 32.1 Å². The van der Waals surface area contributed by atoms with E-state index in [9.17, 15) is 19.5 Å². The summed E-state index contributed by atoms with van der Waals surface area (Å²) in [6.45, 7) is 9.66. The maximum Gasteiger partial charge on any atom is 0.410 e. The Bertz CT molecular complexity index is 2000. The van der Waals surface area contributed by atoms with Crippen molar-refractivity contribution >= 4 is 35.2 Å². The number of hydrogen-bond donors (Lipinski definition) is 3. The van der Waals surface area contributed by atoms with Gasteiger partial charge in [-0.2, -0.15) is 0 Å². The van der Waals surface area contributed by atoms with E-state index in [0.717, 1.165) is 16.7 Å². The predicted molar refractivity (Wildman–Crippen MR) is 200 cm³/mol. The first-order valence-corrected chi connectivity index (χ1v) is 17.9. The van der Waals surface area contributed by atoms with Gasteiger partial charge in [0.15, 0.2) is 0 Å². The van der Waals surface area contributed by atoms with Crippen LogP contribution in [0.5, 0.6) is 5.88 Å². The van der Waals surface area contributed by atoms with Gasteiger partial charge in [-0.05, 0) is 75.6 Å². The number of methoxy groups -OCH3 is 1. The molecule has 4 aromatic rings. The number of aliphatic hydroxyl groups is 1. The van der Waals surface area contributed by atoms with Crippen LogP contribution in [0.1, 0.15) is 60.8 Å². The van der Waals surface area contributed by atoms with Gasteiger partial charge < -0.3 is 30.1 Å². The molecule has 2 fully saturated rings. The van der Waals surface area contributed by atoms with Gasteiger partial charge in [-0.15, -0.1) is 0 Å². The third-order valence-electron chi connectivity index (χ3n) is 9.07. The standard InChI is InChI=1S/C39H44ClN7O6/c1-23-28(7-6-8-30(23)44-36(50)32-12-9-24(17-42-32)18-46-21-27(48)22-46)35-34(40)29(15-16-41-35)31-13-10-25(37(45-31)52-5)19-47(38(51)53-39(2,3)4)20-26-11-14-33(49)43-26/h6-10,12-13,15-17,26-27,48H,11,14,18-22H2,1-5H3,(H,43,49)(H,44,50)/t26-/m0/s1. The van der Waals surface area contributed by atoms with Crippen LogP contribution in [0.4, 0.5) is 10.5 Å². The Morgan fingerprint density at radius 3 is 2.55 bits per heavy atom. The van der Waals surface area contributed by atoms with E-state index in [0.29, 0.717) is 71.6 Å². The number of hydrogen-bond acceptors (Lipinski definition) is 10. The molecule has 3 N–H and O–H groups in total. The minimum atomic E-state index is -0.705. The highest BCUT2D eigenvalue weighted by atomic mass is 35.5. The summed E-state index contributed by atoms with van der Waals surface area (Å²) in [5.74, 6) is -0.0796. The van der Waals surface area contributed by atoms with Crippen LogP contribution >= 0.6 is 11.6 Å². The average molecular weight is 742 g/mol. The molecule has 0 radical (unpaired) electrons. The molecule has 0 unspecified atom stereocenters. The Kier molecular flexibility index (Phi) is 11.3. The topological polar surface area (TPSA) is 159 Å². The second kappa shape index (κ2) is 15.9. The third kappa shape index (κ3) is 9.10. The highest BCUT2D eigenvalue weighted by Gasteiger charge is 2.30. The van der Waals surface area contributed by atoms with Crippen LogP contribution in [0.25, 0.3) is 22.5 Å². The van der Waals surface area contributed by atoms with Crippen LogP contribution in [-0.4, -0.2) is 92.3 Å². The molecule has 1 aromatic carbocycles. The molecule has 6 rings (SSSR count). The van der Waals surface area contributed by atoms with E-state index in [4.69, 9.17) is 26.1 Å². The number of ether oxygens (including phenoxy) is 2. The number of nitrogens with one attached hydrogen (secondary N) is 2. The number of anilines is 1. The zero-order valence-corrected chi connectivity index (χ0v) is 31.2. The Morgan fingerprint density at radius 1 is 1.09 bits per heavy atom. The number of likely N-dealkylation sites (tertiary alicyclic amines) is 1. The summed E-state index contributed by atoms with van der Waals surface area (Å²) >= 11 is 7.04. The van der Waals surface area contributed by atoms with E-state index >= 15 is 0 Å². The summed E-state index contributed by atoms with van der Waals surface area (Å²) < 4.78 is 11.4. The minimum absolute atomic E-state index is 0.0392. The molecule has 3 amide bonds. The normalized spacial score (nSPS) is 16.1. The van der Waals surface area contributed by atoms with Crippen molar-refractivity contribution in [3.63, 3.8) is 0 Å². The molecule has 3 aromatic heterocycles. The van der Waals surface area contributed by atoms with Crippen molar-refractivity contribution in [3.8, 4) is 28.4 Å². The van der Waals surface area contributed by atoms with Crippen LogP contribution in [0.3, 0.4) is 0 Å². The smallest absolute Gasteiger partial charge is 0.410 e. The molecule has 14 heteroatoms. The zero-order valence-electron chi connectivity index (χ0n) is 30.5. The molecule has 13 nitrogen and oxygen atoms in total. The van der Waals surface area contributed by atoms with Gasteiger partial charge in [-0.25, -0.2) is 9.78 Å². The molecule has 53 heavy (non-hydrogen) atoms.